The Kier molecular flexibility index (Phi) is 4.91. The molecule has 2 rings (SSSR count). The van der Waals surface area contributed by atoms with E-state index in [0.29, 0.717) is 29.8 Å². The molecule has 1 aliphatic carbocycles. The second-order valence-electron chi connectivity index (χ2n) is 6.35. The first kappa shape index (κ1) is 18.3. The number of aliphatic carboxylic acids is 1. The lowest BCUT2D eigenvalue weighted by Crippen LogP contribution is -2.55. The average molecular weight is 347 g/mol. The minimum atomic E-state index is -4.39. The van der Waals surface area contributed by atoms with E-state index in [-0.39, 0.29) is 12.8 Å². The SMILES string of the molecule is Cc1nn(CC(F)(F)F)c(C)c1CC(=O)NC1(CC(=O)O)CCC1. The molecule has 0 bridgehead atoms. The molecule has 0 aromatic carbocycles. The zero-order chi connectivity index (χ0) is 18.1. The summed E-state index contributed by atoms with van der Waals surface area (Å²) in [6, 6.07) is 0. The van der Waals surface area contributed by atoms with Gasteiger partial charge in [0.25, 0.3) is 0 Å². The molecule has 1 heterocycles. The summed E-state index contributed by atoms with van der Waals surface area (Å²) >= 11 is 0. The van der Waals surface area contributed by atoms with Crippen LogP contribution in [0.15, 0.2) is 0 Å². The molecule has 24 heavy (non-hydrogen) atoms. The van der Waals surface area contributed by atoms with E-state index < -0.39 is 30.1 Å². The Morgan fingerprint density at radius 1 is 1.33 bits per heavy atom. The summed E-state index contributed by atoms with van der Waals surface area (Å²) in [4.78, 5) is 23.2. The number of aryl methyl sites for hydroxylation is 1. The first-order chi connectivity index (χ1) is 11.0. The van der Waals surface area contributed by atoms with Crippen LogP contribution in [0, 0.1) is 13.8 Å². The molecule has 1 amide bonds. The van der Waals surface area contributed by atoms with Crippen LogP contribution in [0.3, 0.4) is 0 Å². The van der Waals surface area contributed by atoms with E-state index >= 15 is 0 Å². The van der Waals surface area contributed by atoms with Gasteiger partial charge in [-0.25, -0.2) is 0 Å². The van der Waals surface area contributed by atoms with E-state index in [4.69, 9.17) is 5.11 Å². The molecule has 134 valence electrons. The monoisotopic (exact) mass is 347 g/mol. The van der Waals surface area contributed by atoms with Gasteiger partial charge in [-0.05, 0) is 33.1 Å². The summed E-state index contributed by atoms with van der Waals surface area (Å²) in [5.74, 6) is -1.38. The quantitative estimate of drug-likeness (QED) is 0.826. The zero-order valence-corrected chi connectivity index (χ0v) is 13.5. The number of carboxylic acids is 1. The van der Waals surface area contributed by atoms with Crippen molar-refractivity contribution in [1.29, 1.82) is 0 Å². The topological polar surface area (TPSA) is 84.2 Å². The Morgan fingerprint density at radius 2 is 1.96 bits per heavy atom. The average Bonchev–Trinajstić information content (AvgIpc) is 2.61. The van der Waals surface area contributed by atoms with Gasteiger partial charge in [0, 0.05) is 11.3 Å². The van der Waals surface area contributed by atoms with Crippen LogP contribution in [-0.2, 0) is 22.6 Å². The molecule has 6 nitrogen and oxygen atoms in total. The van der Waals surface area contributed by atoms with Crippen molar-refractivity contribution in [2.45, 2.75) is 64.2 Å². The highest BCUT2D eigenvalue weighted by molar-refractivity contribution is 5.81. The number of nitrogens with zero attached hydrogens (tertiary/aromatic N) is 2. The van der Waals surface area contributed by atoms with Gasteiger partial charge >= 0.3 is 12.1 Å². The lowest BCUT2D eigenvalue weighted by atomic mass is 9.74. The van der Waals surface area contributed by atoms with Gasteiger partial charge in [-0.1, -0.05) is 0 Å². The molecule has 0 spiro atoms. The van der Waals surface area contributed by atoms with E-state index in [1.165, 1.54) is 6.92 Å². The van der Waals surface area contributed by atoms with Crippen LogP contribution in [-0.4, -0.2) is 38.5 Å². The van der Waals surface area contributed by atoms with Crippen LogP contribution in [0.2, 0.25) is 0 Å². The van der Waals surface area contributed by atoms with Crippen molar-refractivity contribution in [1.82, 2.24) is 15.1 Å². The number of hydrogen-bond donors (Lipinski definition) is 2. The Balaban J connectivity index is 2.08. The second-order valence-corrected chi connectivity index (χ2v) is 6.35. The number of carbonyl (C=O) groups is 2. The third-order valence-electron chi connectivity index (χ3n) is 4.40. The van der Waals surface area contributed by atoms with Crippen molar-refractivity contribution in [2.75, 3.05) is 0 Å². The number of carboxylic acid groups (broad SMARTS) is 1. The Labute approximate surface area is 137 Å². The van der Waals surface area contributed by atoms with Crippen molar-refractivity contribution in [3.63, 3.8) is 0 Å². The van der Waals surface area contributed by atoms with Crippen molar-refractivity contribution in [3.8, 4) is 0 Å². The minimum Gasteiger partial charge on any atom is -0.481 e. The molecule has 0 unspecified atom stereocenters. The standard InChI is InChI=1S/C15H20F3N3O3/c1-9-11(10(2)21(20-9)8-15(16,17)18)6-12(22)19-14(4-3-5-14)7-13(23)24/h3-8H2,1-2H3,(H,19,22)(H,23,24). The lowest BCUT2D eigenvalue weighted by Gasteiger charge is -2.41. The highest BCUT2D eigenvalue weighted by Gasteiger charge is 2.40. The summed E-state index contributed by atoms with van der Waals surface area (Å²) in [6.07, 6.45) is -2.62. The second kappa shape index (κ2) is 6.45. The molecule has 2 N–H and O–H groups in total. The highest BCUT2D eigenvalue weighted by atomic mass is 19.4. The summed E-state index contributed by atoms with van der Waals surface area (Å²) in [6.45, 7) is 1.84. The van der Waals surface area contributed by atoms with Crippen molar-refractivity contribution < 1.29 is 27.9 Å². The predicted molar refractivity (Wildman–Crippen MR) is 78.4 cm³/mol. The van der Waals surface area contributed by atoms with E-state index in [9.17, 15) is 22.8 Å². The third-order valence-corrected chi connectivity index (χ3v) is 4.40. The van der Waals surface area contributed by atoms with E-state index in [1.54, 1.807) is 6.92 Å². The van der Waals surface area contributed by atoms with Crippen LogP contribution >= 0.6 is 0 Å². The summed E-state index contributed by atoms with van der Waals surface area (Å²) in [5, 5.41) is 15.5. The molecule has 1 aromatic heterocycles. The first-order valence-corrected chi connectivity index (χ1v) is 7.64. The predicted octanol–water partition coefficient (Wildman–Crippen LogP) is 2.12. The number of amides is 1. The molecule has 0 saturated heterocycles. The van der Waals surface area contributed by atoms with Gasteiger partial charge in [-0.15, -0.1) is 0 Å². The van der Waals surface area contributed by atoms with Crippen molar-refractivity contribution in [3.05, 3.63) is 17.0 Å². The maximum atomic E-state index is 12.5. The van der Waals surface area contributed by atoms with Crippen LogP contribution in [0.5, 0.6) is 0 Å². The highest BCUT2D eigenvalue weighted by Crippen LogP contribution is 2.35. The number of aromatic nitrogens is 2. The van der Waals surface area contributed by atoms with Gasteiger partial charge in [0.2, 0.25) is 5.91 Å². The lowest BCUT2D eigenvalue weighted by molar-refractivity contribution is -0.143. The van der Waals surface area contributed by atoms with Crippen LogP contribution < -0.4 is 5.32 Å². The minimum absolute atomic E-state index is 0.114. The molecular formula is C15H20F3N3O3. The molecule has 0 atom stereocenters. The first-order valence-electron chi connectivity index (χ1n) is 7.64. The largest absolute Gasteiger partial charge is 0.481 e. The summed E-state index contributed by atoms with van der Waals surface area (Å²) in [5.41, 5.74) is 0.377. The molecule has 0 radical (unpaired) electrons. The molecule has 1 aliphatic rings. The normalized spacial score (nSPS) is 16.5. The van der Waals surface area contributed by atoms with E-state index in [0.717, 1.165) is 11.1 Å². The van der Waals surface area contributed by atoms with Gasteiger partial charge in [0.15, 0.2) is 0 Å². The number of carbonyl (C=O) groups excluding carboxylic acids is 1. The fourth-order valence-corrected chi connectivity index (χ4v) is 3.05. The summed E-state index contributed by atoms with van der Waals surface area (Å²) < 4.78 is 38.4. The van der Waals surface area contributed by atoms with Crippen LogP contribution in [0.25, 0.3) is 0 Å². The maximum absolute atomic E-state index is 12.5. The maximum Gasteiger partial charge on any atom is 0.408 e. The molecule has 1 fully saturated rings. The van der Waals surface area contributed by atoms with Crippen LogP contribution in [0.4, 0.5) is 13.2 Å². The number of hydrogen-bond acceptors (Lipinski definition) is 3. The summed E-state index contributed by atoms with van der Waals surface area (Å²) in [7, 11) is 0. The molecule has 1 aromatic rings. The van der Waals surface area contributed by atoms with Crippen molar-refractivity contribution in [2.24, 2.45) is 0 Å². The fraction of sp³-hybridized carbons (Fsp3) is 0.667. The van der Waals surface area contributed by atoms with E-state index in [1.807, 2.05) is 0 Å². The number of alkyl halides is 3. The Bertz CT molecular complexity index is 648. The number of rotatable bonds is 6. The Hall–Kier alpha value is -2.06. The fourth-order valence-electron chi connectivity index (χ4n) is 3.05. The van der Waals surface area contributed by atoms with Gasteiger partial charge < -0.3 is 10.4 Å². The molecule has 1 saturated carbocycles. The zero-order valence-electron chi connectivity index (χ0n) is 13.5. The smallest absolute Gasteiger partial charge is 0.408 e. The number of nitrogens with one attached hydrogen (secondary N) is 1. The third kappa shape index (κ3) is 4.27. The van der Waals surface area contributed by atoms with Gasteiger partial charge in [-0.3, -0.25) is 14.3 Å². The van der Waals surface area contributed by atoms with Crippen molar-refractivity contribution >= 4 is 11.9 Å². The molecule has 9 heteroatoms. The van der Waals surface area contributed by atoms with Crippen LogP contribution in [0.1, 0.15) is 42.6 Å². The van der Waals surface area contributed by atoms with Gasteiger partial charge in [0.1, 0.15) is 6.54 Å². The number of halogens is 3. The Morgan fingerprint density at radius 3 is 2.42 bits per heavy atom. The van der Waals surface area contributed by atoms with E-state index in [2.05, 4.69) is 10.4 Å². The molecular weight excluding hydrogens is 327 g/mol. The van der Waals surface area contributed by atoms with Gasteiger partial charge in [-0.2, -0.15) is 18.3 Å². The van der Waals surface area contributed by atoms with Gasteiger partial charge in [0.05, 0.1) is 24.1 Å². The molecule has 0 aliphatic heterocycles.